The number of oxazole rings is 1. The Hall–Kier alpha value is -2.65. The number of rotatable bonds is 5. The summed E-state index contributed by atoms with van der Waals surface area (Å²) in [7, 11) is -3.89. The molecule has 4 rings (SSSR count). The molecule has 0 bridgehead atoms. The molecule has 156 valence electrons. The third-order valence-electron chi connectivity index (χ3n) is 5.16. The highest BCUT2D eigenvalue weighted by atomic mass is 79.9. The fourth-order valence-electron chi connectivity index (χ4n) is 3.47. The van der Waals surface area contributed by atoms with Crippen LogP contribution in [0.3, 0.4) is 0 Å². The lowest BCUT2D eigenvalue weighted by molar-refractivity contribution is -0.122. The first-order valence-corrected chi connectivity index (χ1v) is 11.7. The summed E-state index contributed by atoms with van der Waals surface area (Å²) in [6.07, 6.45) is 1.07. The van der Waals surface area contributed by atoms with Crippen molar-refractivity contribution in [2.24, 2.45) is 11.7 Å². The van der Waals surface area contributed by atoms with Crippen molar-refractivity contribution in [3.63, 3.8) is 0 Å². The smallest absolute Gasteiger partial charge is 0.236 e. The van der Waals surface area contributed by atoms with Crippen LogP contribution in [0.15, 0.2) is 73.4 Å². The number of aromatic nitrogens is 1. The maximum Gasteiger partial charge on any atom is 0.236 e. The fourth-order valence-corrected chi connectivity index (χ4v) is 5.07. The van der Waals surface area contributed by atoms with E-state index in [2.05, 4.69) is 20.9 Å². The van der Waals surface area contributed by atoms with E-state index in [1.165, 1.54) is 12.1 Å². The van der Waals surface area contributed by atoms with Crippen molar-refractivity contribution in [1.82, 2.24) is 4.98 Å². The van der Waals surface area contributed by atoms with Crippen LogP contribution >= 0.6 is 15.9 Å². The summed E-state index contributed by atoms with van der Waals surface area (Å²) >= 11 is 3.39. The summed E-state index contributed by atoms with van der Waals surface area (Å²) < 4.78 is 33.6. The van der Waals surface area contributed by atoms with E-state index in [4.69, 9.17) is 10.2 Å². The number of carbonyl (C=O) groups excluding carboxylic acids is 1. The largest absolute Gasteiger partial charge is 0.419 e. The zero-order chi connectivity index (χ0) is 21.3. The van der Waals surface area contributed by atoms with E-state index in [0.29, 0.717) is 31.5 Å². The molecule has 1 amide bonds. The van der Waals surface area contributed by atoms with Gasteiger partial charge in [-0.3, -0.25) is 4.79 Å². The number of hydrogen-bond donors (Lipinski definition) is 1. The van der Waals surface area contributed by atoms with Crippen LogP contribution in [-0.2, 0) is 14.6 Å². The van der Waals surface area contributed by atoms with Gasteiger partial charge in [-0.25, -0.2) is 8.42 Å². The van der Waals surface area contributed by atoms with Crippen molar-refractivity contribution >= 4 is 37.6 Å². The van der Waals surface area contributed by atoms with Gasteiger partial charge in [0.25, 0.3) is 0 Å². The first-order valence-electron chi connectivity index (χ1n) is 9.47. The molecule has 0 spiro atoms. The predicted molar refractivity (Wildman–Crippen MR) is 116 cm³/mol. The van der Waals surface area contributed by atoms with Gasteiger partial charge in [0.1, 0.15) is 0 Å². The van der Waals surface area contributed by atoms with E-state index in [1.807, 2.05) is 17.0 Å². The summed E-state index contributed by atoms with van der Waals surface area (Å²) in [6, 6.07) is 15.4. The summed E-state index contributed by atoms with van der Waals surface area (Å²) in [5, 5.41) is -0.121. The van der Waals surface area contributed by atoms with Gasteiger partial charge in [-0.15, -0.1) is 0 Å². The molecule has 0 aliphatic carbocycles. The normalized spacial score (nSPS) is 15.3. The average Bonchev–Trinajstić information content (AvgIpc) is 3.21. The van der Waals surface area contributed by atoms with Gasteiger partial charge in [0, 0.05) is 29.0 Å². The van der Waals surface area contributed by atoms with E-state index >= 15 is 0 Å². The fraction of sp³-hybridized carbons (Fsp3) is 0.238. The van der Waals surface area contributed by atoms with Crippen molar-refractivity contribution in [1.29, 1.82) is 0 Å². The van der Waals surface area contributed by atoms with Crippen molar-refractivity contribution in [2.75, 3.05) is 18.0 Å². The Kier molecular flexibility index (Phi) is 5.66. The van der Waals surface area contributed by atoms with Gasteiger partial charge in [-0.1, -0.05) is 34.1 Å². The maximum atomic E-state index is 13.3. The number of nitrogens with two attached hydrogens (primary N) is 1. The molecular weight excluding hydrogens is 470 g/mol. The van der Waals surface area contributed by atoms with Crippen molar-refractivity contribution < 1.29 is 17.6 Å². The highest BCUT2D eigenvalue weighted by molar-refractivity contribution is 9.10. The molecule has 7 nitrogen and oxygen atoms in total. The third kappa shape index (κ3) is 3.99. The first-order chi connectivity index (χ1) is 14.4. The lowest BCUT2D eigenvalue weighted by Crippen LogP contribution is -2.38. The first kappa shape index (κ1) is 20.6. The van der Waals surface area contributed by atoms with E-state index in [1.54, 1.807) is 30.3 Å². The zero-order valence-corrected chi connectivity index (χ0v) is 18.4. The molecule has 2 N–H and O–H groups in total. The highest BCUT2D eigenvalue weighted by Gasteiger charge is 2.33. The van der Waals surface area contributed by atoms with Crippen molar-refractivity contribution in [3.05, 3.63) is 59.1 Å². The van der Waals surface area contributed by atoms with Crippen molar-refractivity contribution in [2.45, 2.75) is 22.8 Å². The molecule has 0 unspecified atom stereocenters. The van der Waals surface area contributed by atoms with Crippen LogP contribution in [0, 0.1) is 5.92 Å². The van der Waals surface area contributed by atoms with Gasteiger partial charge < -0.3 is 15.1 Å². The van der Waals surface area contributed by atoms with Gasteiger partial charge >= 0.3 is 0 Å². The SMILES string of the molecule is NC(=O)C1CCN(c2oc(-c3ccc(Br)cc3)nc2S(=O)(=O)c2ccccc2)CC1. The van der Waals surface area contributed by atoms with Crippen LogP contribution in [0.4, 0.5) is 5.88 Å². The van der Waals surface area contributed by atoms with Gasteiger partial charge in [-0.05, 0) is 49.2 Å². The molecule has 9 heteroatoms. The third-order valence-corrected chi connectivity index (χ3v) is 7.36. The average molecular weight is 490 g/mol. The number of nitrogens with zero attached hydrogens (tertiary/aromatic N) is 2. The van der Waals surface area contributed by atoms with Gasteiger partial charge in [0.05, 0.1) is 4.90 Å². The molecule has 2 aromatic carbocycles. The monoisotopic (exact) mass is 489 g/mol. The summed E-state index contributed by atoms with van der Waals surface area (Å²) in [6.45, 7) is 0.916. The number of sulfone groups is 1. The number of anilines is 1. The molecule has 3 aromatic rings. The zero-order valence-electron chi connectivity index (χ0n) is 16.0. The highest BCUT2D eigenvalue weighted by Crippen LogP contribution is 2.36. The predicted octanol–water partition coefficient (Wildman–Crippen LogP) is 3.64. The second kappa shape index (κ2) is 8.23. The van der Waals surface area contributed by atoms with Crippen LogP contribution in [0.5, 0.6) is 0 Å². The summed E-state index contributed by atoms with van der Waals surface area (Å²) in [4.78, 5) is 17.8. The van der Waals surface area contributed by atoms with E-state index in [9.17, 15) is 13.2 Å². The Morgan fingerprint density at radius 3 is 2.30 bits per heavy atom. The van der Waals surface area contributed by atoms with Crippen LogP contribution < -0.4 is 10.6 Å². The number of benzene rings is 2. The van der Waals surface area contributed by atoms with Gasteiger partial charge in [0.15, 0.2) is 0 Å². The van der Waals surface area contributed by atoms with Crippen molar-refractivity contribution in [3.8, 4) is 11.5 Å². The standard InChI is InChI=1S/C21H20BrN3O4S/c22-16-8-6-15(7-9-16)19-24-20(30(27,28)17-4-2-1-3-5-17)21(29-19)25-12-10-14(11-13-25)18(23)26/h1-9,14H,10-13H2,(H2,23,26). The molecule has 1 saturated heterocycles. The summed E-state index contributed by atoms with van der Waals surface area (Å²) in [5.41, 5.74) is 6.09. The molecule has 0 saturated carbocycles. The quantitative estimate of drug-likeness (QED) is 0.586. The van der Waals surface area contributed by atoms with E-state index in [-0.39, 0.29) is 33.5 Å². The minimum atomic E-state index is -3.89. The topological polar surface area (TPSA) is 106 Å². The molecule has 0 atom stereocenters. The molecule has 30 heavy (non-hydrogen) atoms. The molecule has 0 radical (unpaired) electrons. The van der Waals surface area contributed by atoms with E-state index < -0.39 is 9.84 Å². The maximum absolute atomic E-state index is 13.3. The molecule has 1 aromatic heterocycles. The number of piperidine rings is 1. The summed E-state index contributed by atoms with van der Waals surface area (Å²) in [5.74, 6) is -0.132. The number of halogens is 1. The van der Waals surface area contributed by atoms with E-state index in [0.717, 1.165) is 4.47 Å². The number of primary amides is 1. The molecule has 1 aliphatic heterocycles. The molecule has 1 aliphatic rings. The Morgan fingerprint density at radius 2 is 1.70 bits per heavy atom. The number of carbonyl (C=O) groups is 1. The van der Waals surface area contributed by atoms with Crippen LogP contribution in [0.2, 0.25) is 0 Å². The second-order valence-electron chi connectivity index (χ2n) is 7.12. The molecular formula is C21H20BrN3O4S. The Balaban J connectivity index is 1.78. The Labute approximate surface area is 182 Å². The van der Waals surface area contributed by atoms with Crippen LogP contribution in [0.25, 0.3) is 11.5 Å². The Morgan fingerprint density at radius 1 is 1.07 bits per heavy atom. The van der Waals surface area contributed by atoms with Gasteiger partial charge in [0.2, 0.25) is 32.5 Å². The molecule has 1 fully saturated rings. The van der Waals surface area contributed by atoms with Crippen LogP contribution in [-0.4, -0.2) is 32.4 Å². The lowest BCUT2D eigenvalue weighted by Gasteiger charge is -2.30. The van der Waals surface area contributed by atoms with Gasteiger partial charge in [-0.2, -0.15) is 4.98 Å². The van der Waals surface area contributed by atoms with Crippen LogP contribution in [0.1, 0.15) is 12.8 Å². The molecule has 2 heterocycles. The Bertz CT molecular complexity index is 1150. The number of hydrogen-bond acceptors (Lipinski definition) is 6. The second-order valence-corrected chi connectivity index (χ2v) is 9.90. The lowest BCUT2D eigenvalue weighted by atomic mass is 9.96. The minimum absolute atomic E-state index is 0.121. The minimum Gasteiger partial charge on any atom is -0.419 e. The number of amides is 1.